The Kier molecular flexibility index (Phi) is 9.15. The van der Waals surface area contributed by atoms with Gasteiger partial charge in [0, 0.05) is 26.7 Å². The molecule has 0 amide bonds. The summed E-state index contributed by atoms with van der Waals surface area (Å²) >= 11 is 0. The van der Waals surface area contributed by atoms with Gasteiger partial charge in [0.1, 0.15) is 0 Å². The highest BCUT2D eigenvalue weighted by molar-refractivity contribution is 14.0. The summed E-state index contributed by atoms with van der Waals surface area (Å²) in [7, 11) is 1.71. The Balaban J connectivity index is 0.00000242. The van der Waals surface area contributed by atoms with Gasteiger partial charge in [-0.05, 0) is 24.5 Å². The van der Waals surface area contributed by atoms with Gasteiger partial charge in [-0.3, -0.25) is 4.99 Å². The number of benzene rings is 1. The van der Waals surface area contributed by atoms with Gasteiger partial charge < -0.3 is 15.0 Å². The first-order valence-electron chi connectivity index (χ1n) is 7.61. The van der Waals surface area contributed by atoms with Crippen molar-refractivity contribution >= 4 is 35.5 Å². The molecule has 0 saturated heterocycles. The minimum atomic E-state index is 0. The Bertz CT molecular complexity index is 488. The van der Waals surface area contributed by atoms with E-state index in [4.69, 9.17) is 4.74 Å². The number of ether oxygens (including phenoxy) is 1. The van der Waals surface area contributed by atoms with E-state index < -0.39 is 0 Å². The first-order valence-corrected chi connectivity index (χ1v) is 7.61. The maximum absolute atomic E-state index is 5.07. The van der Waals surface area contributed by atoms with Crippen molar-refractivity contribution in [3.8, 4) is 0 Å². The smallest absolute Gasteiger partial charge is 0.194 e. The van der Waals surface area contributed by atoms with E-state index in [0.29, 0.717) is 13.2 Å². The van der Waals surface area contributed by atoms with Crippen LogP contribution >= 0.6 is 24.0 Å². The quantitative estimate of drug-likeness (QED) is 0.348. The molecule has 22 heavy (non-hydrogen) atoms. The zero-order chi connectivity index (χ0) is 14.9. The molecule has 4 nitrogen and oxygen atoms in total. The number of hydrogen-bond donors (Lipinski definition) is 1. The number of aliphatic imine (C=N–C) groups is 1. The lowest BCUT2D eigenvalue weighted by molar-refractivity contribution is 0.207. The van der Waals surface area contributed by atoms with Crippen LogP contribution in [-0.4, -0.2) is 50.8 Å². The number of guanidine groups is 1. The summed E-state index contributed by atoms with van der Waals surface area (Å²) in [5, 5.41) is 3.36. The van der Waals surface area contributed by atoms with Gasteiger partial charge in [-0.2, -0.15) is 0 Å². The van der Waals surface area contributed by atoms with Crippen LogP contribution in [0.2, 0.25) is 0 Å². The molecule has 1 heterocycles. The van der Waals surface area contributed by atoms with Gasteiger partial charge >= 0.3 is 0 Å². The average molecular weight is 415 g/mol. The first kappa shape index (κ1) is 19.0. The normalized spacial score (nSPS) is 15.1. The molecule has 0 aromatic heterocycles. The second-order valence-electron chi connectivity index (χ2n) is 5.02. The van der Waals surface area contributed by atoms with Crippen LogP contribution in [0.3, 0.4) is 0 Å². The summed E-state index contributed by atoms with van der Waals surface area (Å²) in [4.78, 5) is 6.90. The van der Waals surface area contributed by atoms with Crippen LogP contribution in [0.1, 0.15) is 18.9 Å². The molecule has 0 atom stereocenters. The minimum absolute atomic E-state index is 0. The average Bonchev–Trinajstić information content (AvgIpc) is 2.55. The summed E-state index contributed by atoms with van der Waals surface area (Å²) in [6, 6.07) is 10.6. The summed E-state index contributed by atoms with van der Waals surface area (Å²) in [6.07, 6.45) is 3.36. The van der Waals surface area contributed by atoms with Crippen LogP contribution in [-0.2, 0) is 4.74 Å². The number of nitrogens with zero attached hydrogens (tertiary/aromatic N) is 2. The third-order valence-corrected chi connectivity index (χ3v) is 3.55. The van der Waals surface area contributed by atoms with E-state index in [2.05, 4.69) is 58.5 Å². The van der Waals surface area contributed by atoms with Crippen LogP contribution in [0.5, 0.6) is 0 Å². The molecule has 1 aromatic rings. The minimum Gasteiger partial charge on any atom is -0.383 e. The zero-order valence-corrected chi connectivity index (χ0v) is 15.7. The van der Waals surface area contributed by atoms with Gasteiger partial charge in [-0.15, -0.1) is 24.0 Å². The van der Waals surface area contributed by atoms with Crippen molar-refractivity contribution in [2.75, 3.05) is 39.9 Å². The molecule has 0 fully saturated rings. The predicted molar refractivity (Wildman–Crippen MR) is 104 cm³/mol. The fourth-order valence-corrected chi connectivity index (χ4v) is 2.44. The van der Waals surface area contributed by atoms with Crippen molar-refractivity contribution in [2.24, 2.45) is 4.99 Å². The van der Waals surface area contributed by atoms with Crippen molar-refractivity contribution in [3.05, 3.63) is 42.0 Å². The second kappa shape index (κ2) is 10.6. The molecular formula is C17H26IN3O. The second-order valence-corrected chi connectivity index (χ2v) is 5.02. The zero-order valence-electron chi connectivity index (χ0n) is 13.4. The molecule has 0 spiro atoms. The van der Waals surface area contributed by atoms with Crippen molar-refractivity contribution in [1.29, 1.82) is 0 Å². The maximum atomic E-state index is 5.07. The molecule has 0 unspecified atom stereocenters. The van der Waals surface area contributed by atoms with Gasteiger partial charge in [0.25, 0.3) is 0 Å². The number of hydrogen-bond acceptors (Lipinski definition) is 2. The van der Waals surface area contributed by atoms with Crippen molar-refractivity contribution in [2.45, 2.75) is 13.3 Å². The van der Waals surface area contributed by atoms with Crippen LogP contribution in [0, 0.1) is 0 Å². The Morgan fingerprint density at radius 3 is 2.68 bits per heavy atom. The van der Waals surface area contributed by atoms with E-state index in [0.717, 1.165) is 32.0 Å². The monoisotopic (exact) mass is 415 g/mol. The van der Waals surface area contributed by atoms with Crippen LogP contribution in [0.25, 0.3) is 5.57 Å². The van der Waals surface area contributed by atoms with Crippen molar-refractivity contribution in [1.82, 2.24) is 10.2 Å². The molecule has 1 N–H and O–H groups in total. The van der Waals surface area contributed by atoms with Crippen LogP contribution < -0.4 is 5.32 Å². The molecule has 1 aromatic carbocycles. The molecule has 122 valence electrons. The highest BCUT2D eigenvalue weighted by Crippen LogP contribution is 2.21. The fraction of sp³-hybridized carbons (Fsp3) is 0.471. The Labute approximate surface area is 150 Å². The molecule has 0 saturated carbocycles. The molecule has 5 heteroatoms. The first-order chi connectivity index (χ1) is 10.3. The van der Waals surface area contributed by atoms with Crippen molar-refractivity contribution in [3.63, 3.8) is 0 Å². The molecule has 1 aliphatic heterocycles. The number of methoxy groups -OCH3 is 1. The molecule has 0 radical (unpaired) electrons. The van der Waals surface area contributed by atoms with E-state index >= 15 is 0 Å². The Hall–Kier alpha value is -1.08. The number of nitrogens with one attached hydrogen (secondary N) is 1. The van der Waals surface area contributed by atoms with E-state index in [9.17, 15) is 0 Å². The van der Waals surface area contributed by atoms with Crippen LogP contribution in [0.4, 0.5) is 0 Å². The van der Waals surface area contributed by atoms with Gasteiger partial charge in [0.2, 0.25) is 0 Å². The standard InChI is InChI=1S/C17H25N3O.HI/c1-3-18-17(19-11-14-21-2)20-12-9-16(10-13-20)15-7-5-4-6-8-15;/h4-9H,3,10-14H2,1-2H3,(H,18,19);1H. The van der Waals surface area contributed by atoms with E-state index in [-0.39, 0.29) is 24.0 Å². The fourth-order valence-electron chi connectivity index (χ4n) is 2.44. The topological polar surface area (TPSA) is 36.9 Å². The summed E-state index contributed by atoms with van der Waals surface area (Å²) in [5.41, 5.74) is 2.76. The van der Waals surface area contributed by atoms with Gasteiger partial charge in [0.15, 0.2) is 5.96 Å². The lowest BCUT2D eigenvalue weighted by Gasteiger charge is -2.29. The van der Waals surface area contributed by atoms with Gasteiger partial charge in [-0.25, -0.2) is 0 Å². The molecule has 1 aliphatic rings. The summed E-state index contributed by atoms with van der Waals surface area (Å²) in [5.74, 6) is 0.984. The molecule has 0 aliphatic carbocycles. The highest BCUT2D eigenvalue weighted by atomic mass is 127. The molecule has 2 rings (SSSR count). The molecule has 0 bridgehead atoms. The summed E-state index contributed by atoms with van der Waals surface area (Å²) < 4.78 is 5.07. The lowest BCUT2D eigenvalue weighted by atomic mass is 10.00. The van der Waals surface area contributed by atoms with Gasteiger partial charge in [-0.1, -0.05) is 36.4 Å². The van der Waals surface area contributed by atoms with Crippen LogP contribution in [0.15, 0.2) is 41.4 Å². The Morgan fingerprint density at radius 1 is 1.32 bits per heavy atom. The SMILES string of the molecule is CCNC(=NCCOC)N1CC=C(c2ccccc2)CC1.I. The maximum Gasteiger partial charge on any atom is 0.194 e. The van der Waals surface area contributed by atoms with Gasteiger partial charge in [0.05, 0.1) is 13.2 Å². The molecular weight excluding hydrogens is 389 g/mol. The largest absolute Gasteiger partial charge is 0.383 e. The number of rotatable bonds is 5. The Morgan fingerprint density at radius 2 is 2.09 bits per heavy atom. The van der Waals surface area contributed by atoms with E-state index in [1.54, 1.807) is 7.11 Å². The summed E-state index contributed by atoms with van der Waals surface area (Å²) in [6.45, 7) is 6.25. The van der Waals surface area contributed by atoms with E-state index in [1.807, 2.05) is 0 Å². The van der Waals surface area contributed by atoms with E-state index in [1.165, 1.54) is 11.1 Å². The highest BCUT2D eigenvalue weighted by Gasteiger charge is 2.15. The van der Waals surface area contributed by atoms with Crippen molar-refractivity contribution < 1.29 is 4.74 Å². The third-order valence-electron chi connectivity index (χ3n) is 3.55. The predicted octanol–water partition coefficient (Wildman–Crippen LogP) is 3.01. The number of halogens is 1. The lowest BCUT2D eigenvalue weighted by Crippen LogP contribution is -2.43. The third kappa shape index (κ3) is 5.61.